The third-order valence-electron chi connectivity index (χ3n) is 2.31. The Morgan fingerprint density at radius 3 is 3.00 bits per heavy atom. The van der Waals surface area contributed by atoms with Crippen LogP contribution in [0.4, 0.5) is 8.78 Å². The van der Waals surface area contributed by atoms with Gasteiger partial charge in [0, 0.05) is 6.07 Å². The number of carbonyl (C=O) groups is 1. The Morgan fingerprint density at radius 1 is 1.53 bits per heavy atom. The maximum absolute atomic E-state index is 13.2. The second-order valence-corrected chi connectivity index (χ2v) is 4.66. The first-order valence-corrected chi connectivity index (χ1v) is 5.70. The van der Waals surface area contributed by atoms with Gasteiger partial charge in [0.05, 0.1) is 17.0 Å². The lowest BCUT2D eigenvalue weighted by atomic mass is 10.1. The average molecular weight is 229 g/mol. The molecule has 1 aromatic rings. The van der Waals surface area contributed by atoms with Crippen LogP contribution in [0.3, 0.4) is 0 Å². The zero-order valence-electron chi connectivity index (χ0n) is 7.87. The van der Waals surface area contributed by atoms with Crippen LogP contribution in [0.2, 0.25) is 0 Å². The number of hydrogen-bond acceptors (Lipinski definition) is 3. The number of rotatable bonds is 2. The standard InChI is InChI=1S/C10H9F2NOS/c11-7-5-13-9(12)4-6(7)10(14)8-2-1-3-15-8/h4-5,8H,1-3H2. The van der Waals surface area contributed by atoms with Gasteiger partial charge in [-0.3, -0.25) is 4.79 Å². The Kier molecular flexibility index (Phi) is 3.00. The number of Topliss-reactive ketones (excluding diaryl/α,β-unsaturated/α-hetero) is 1. The Labute approximate surface area is 90.1 Å². The highest BCUT2D eigenvalue weighted by Crippen LogP contribution is 2.29. The number of thioether (sulfide) groups is 1. The van der Waals surface area contributed by atoms with Gasteiger partial charge in [-0.25, -0.2) is 9.37 Å². The van der Waals surface area contributed by atoms with Crippen LogP contribution in [0.25, 0.3) is 0 Å². The van der Waals surface area contributed by atoms with E-state index in [4.69, 9.17) is 0 Å². The summed E-state index contributed by atoms with van der Waals surface area (Å²) in [5, 5.41) is -0.221. The molecule has 2 rings (SSSR count). The van der Waals surface area contributed by atoms with Crippen molar-refractivity contribution in [3.05, 3.63) is 29.6 Å². The molecule has 0 radical (unpaired) electrons. The maximum Gasteiger partial charge on any atom is 0.213 e. The van der Waals surface area contributed by atoms with Gasteiger partial charge in [-0.15, -0.1) is 0 Å². The minimum atomic E-state index is -0.817. The highest BCUT2D eigenvalue weighted by Gasteiger charge is 2.26. The van der Waals surface area contributed by atoms with Gasteiger partial charge >= 0.3 is 0 Å². The van der Waals surface area contributed by atoms with E-state index in [-0.39, 0.29) is 16.6 Å². The molecule has 1 aliphatic rings. The number of pyridine rings is 1. The van der Waals surface area contributed by atoms with Crippen LogP contribution in [-0.2, 0) is 0 Å². The van der Waals surface area contributed by atoms with Crippen LogP contribution in [0, 0.1) is 11.8 Å². The fraction of sp³-hybridized carbons (Fsp3) is 0.400. The summed E-state index contributed by atoms with van der Waals surface area (Å²) in [6, 6.07) is 0.872. The molecule has 80 valence electrons. The summed E-state index contributed by atoms with van der Waals surface area (Å²) < 4.78 is 26.0. The van der Waals surface area contributed by atoms with Crippen molar-refractivity contribution in [1.29, 1.82) is 0 Å². The quantitative estimate of drug-likeness (QED) is 0.576. The summed E-state index contributed by atoms with van der Waals surface area (Å²) in [5.41, 5.74) is -0.179. The fourth-order valence-corrected chi connectivity index (χ4v) is 2.79. The second kappa shape index (κ2) is 4.26. The van der Waals surface area contributed by atoms with Gasteiger partial charge < -0.3 is 0 Å². The van der Waals surface area contributed by atoms with E-state index < -0.39 is 11.8 Å². The monoisotopic (exact) mass is 229 g/mol. The first-order valence-electron chi connectivity index (χ1n) is 4.65. The topological polar surface area (TPSA) is 30.0 Å². The van der Waals surface area contributed by atoms with E-state index in [9.17, 15) is 13.6 Å². The zero-order chi connectivity index (χ0) is 10.8. The predicted molar refractivity (Wildman–Crippen MR) is 54.0 cm³/mol. The molecule has 0 saturated carbocycles. The number of halogens is 2. The summed E-state index contributed by atoms with van der Waals surface area (Å²) in [4.78, 5) is 14.9. The first kappa shape index (κ1) is 10.5. The zero-order valence-corrected chi connectivity index (χ0v) is 8.69. The van der Waals surface area contributed by atoms with Gasteiger partial charge in [-0.2, -0.15) is 16.2 Å². The molecule has 0 bridgehead atoms. The second-order valence-electron chi connectivity index (χ2n) is 3.35. The van der Waals surface area contributed by atoms with E-state index in [0.29, 0.717) is 0 Å². The van der Waals surface area contributed by atoms with E-state index in [0.717, 1.165) is 30.9 Å². The number of ketones is 1. The molecule has 1 unspecified atom stereocenters. The molecule has 1 aliphatic heterocycles. The molecular formula is C10H9F2NOS. The van der Waals surface area contributed by atoms with E-state index in [1.54, 1.807) is 0 Å². The van der Waals surface area contributed by atoms with Crippen molar-refractivity contribution in [2.75, 3.05) is 5.75 Å². The van der Waals surface area contributed by atoms with Gasteiger partial charge in [0.1, 0.15) is 0 Å². The van der Waals surface area contributed by atoms with Crippen LogP contribution < -0.4 is 0 Å². The highest BCUT2D eigenvalue weighted by molar-refractivity contribution is 8.00. The van der Waals surface area contributed by atoms with Crippen LogP contribution in [-0.4, -0.2) is 21.8 Å². The van der Waals surface area contributed by atoms with Crippen LogP contribution in [0.15, 0.2) is 12.3 Å². The average Bonchev–Trinajstić information content (AvgIpc) is 2.74. The lowest BCUT2D eigenvalue weighted by molar-refractivity contribution is 0.0984. The van der Waals surface area contributed by atoms with Gasteiger partial charge in [-0.05, 0) is 18.6 Å². The number of carbonyl (C=O) groups excluding carboxylic acids is 1. The summed E-state index contributed by atoms with van der Waals surface area (Å²) in [7, 11) is 0. The lowest BCUT2D eigenvalue weighted by Gasteiger charge is -2.07. The van der Waals surface area contributed by atoms with E-state index in [1.807, 2.05) is 0 Å². The number of hydrogen-bond donors (Lipinski definition) is 0. The van der Waals surface area contributed by atoms with Crippen molar-refractivity contribution < 1.29 is 13.6 Å². The minimum absolute atomic E-state index is 0.179. The Bertz CT molecular complexity index is 391. The molecule has 2 nitrogen and oxygen atoms in total. The van der Waals surface area contributed by atoms with Gasteiger partial charge in [-0.1, -0.05) is 0 Å². The molecule has 5 heteroatoms. The molecule has 1 saturated heterocycles. The van der Waals surface area contributed by atoms with Crippen molar-refractivity contribution in [3.63, 3.8) is 0 Å². The summed E-state index contributed by atoms with van der Waals surface area (Å²) >= 11 is 1.50. The Balaban J connectivity index is 2.27. The lowest BCUT2D eigenvalue weighted by Crippen LogP contribution is -2.16. The van der Waals surface area contributed by atoms with E-state index in [1.165, 1.54) is 11.8 Å². The number of nitrogens with zero attached hydrogens (tertiary/aromatic N) is 1. The van der Waals surface area contributed by atoms with Crippen molar-refractivity contribution in [2.45, 2.75) is 18.1 Å². The van der Waals surface area contributed by atoms with Gasteiger partial charge in [0.25, 0.3) is 0 Å². The maximum atomic E-state index is 13.2. The summed E-state index contributed by atoms with van der Waals surface area (Å²) in [6.45, 7) is 0. The SMILES string of the molecule is O=C(c1cc(F)ncc1F)C1CCCS1. The summed E-state index contributed by atoms with van der Waals surface area (Å²) in [5.74, 6) is -0.973. The molecule has 0 N–H and O–H groups in total. The molecule has 2 heterocycles. The molecule has 0 aromatic carbocycles. The Hall–Kier alpha value is -0.970. The van der Waals surface area contributed by atoms with E-state index >= 15 is 0 Å². The molecule has 1 fully saturated rings. The molecule has 15 heavy (non-hydrogen) atoms. The third kappa shape index (κ3) is 2.17. The molecule has 0 aliphatic carbocycles. The van der Waals surface area contributed by atoms with Crippen molar-refractivity contribution >= 4 is 17.5 Å². The molecule has 0 amide bonds. The normalized spacial score (nSPS) is 20.5. The van der Waals surface area contributed by atoms with Crippen molar-refractivity contribution in [1.82, 2.24) is 4.98 Å². The van der Waals surface area contributed by atoms with E-state index in [2.05, 4.69) is 4.98 Å². The van der Waals surface area contributed by atoms with Crippen molar-refractivity contribution in [3.8, 4) is 0 Å². The van der Waals surface area contributed by atoms with Gasteiger partial charge in [0.2, 0.25) is 5.95 Å². The predicted octanol–water partition coefficient (Wildman–Crippen LogP) is 2.44. The fourth-order valence-electron chi connectivity index (χ4n) is 1.56. The highest BCUT2D eigenvalue weighted by atomic mass is 32.2. The van der Waals surface area contributed by atoms with Gasteiger partial charge in [0.15, 0.2) is 11.6 Å². The first-order chi connectivity index (χ1) is 7.18. The van der Waals surface area contributed by atoms with Crippen LogP contribution in [0.1, 0.15) is 23.2 Å². The van der Waals surface area contributed by atoms with Crippen LogP contribution in [0.5, 0.6) is 0 Å². The third-order valence-corrected chi connectivity index (χ3v) is 3.69. The molecule has 1 atom stereocenters. The summed E-state index contributed by atoms with van der Waals surface area (Å²) in [6.07, 6.45) is 2.45. The van der Waals surface area contributed by atoms with Crippen molar-refractivity contribution in [2.24, 2.45) is 0 Å². The van der Waals surface area contributed by atoms with Crippen LogP contribution >= 0.6 is 11.8 Å². The molecule has 0 spiro atoms. The minimum Gasteiger partial charge on any atom is -0.293 e. The molecule has 1 aromatic heterocycles. The number of aromatic nitrogens is 1. The largest absolute Gasteiger partial charge is 0.293 e. The smallest absolute Gasteiger partial charge is 0.213 e. The molecular weight excluding hydrogens is 220 g/mol. The Morgan fingerprint density at radius 2 is 2.33 bits per heavy atom.